The molecule has 1 rings (SSSR count). The maximum atomic E-state index is 12.4. The van der Waals surface area contributed by atoms with Gasteiger partial charge in [-0.15, -0.1) is 0 Å². The SMILES string of the molecule is CCOC(=O)CC[C@@H](NC(=O)c1ccc(C(=O)CC)cc1)C(=O)OCC. The molecule has 0 saturated carbocycles. The summed E-state index contributed by atoms with van der Waals surface area (Å²) >= 11 is 0. The first-order chi connectivity index (χ1) is 12.4. The third kappa shape index (κ3) is 6.66. The lowest BCUT2D eigenvalue weighted by Gasteiger charge is -2.17. The summed E-state index contributed by atoms with van der Waals surface area (Å²) < 4.78 is 9.78. The van der Waals surface area contributed by atoms with E-state index in [1.807, 2.05) is 0 Å². The number of Topliss-reactive ketones (excluding diaryl/α,β-unsaturated/α-hetero) is 1. The monoisotopic (exact) mass is 363 g/mol. The highest BCUT2D eigenvalue weighted by atomic mass is 16.5. The number of esters is 2. The molecule has 1 aromatic carbocycles. The zero-order valence-corrected chi connectivity index (χ0v) is 15.4. The van der Waals surface area contributed by atoms with E-state index in [0.29, 0.717) is 17.5 Å². The smallest absolute Gasteiger partial charge is 0.328 e. The number of carbonyl (C=O) groups excluding carboxylic acids is 4. The van der Waals surface area contributed by atoms with E-state index in [1.165, 1.54) is 12.1 Å². The molecule has 0 radical (unpaired) electrons. The topological polar surface area (TPSA) is 98.8 Å². The average Bonchev–Trinajstić information content (AvgIpc) is 2.64. The normalized spacial score (nSPS) is 11.3. The summed E-state index contributed by atoms with van der Waals surface area (Å²) in [5, 5.41) is 2.57. The molecule has 7 heteroatoms. The molecular formula is C19H25NO6. The Labute approximate surface area is 153 Å². The Bertz CT molecular complexity index is 638. The first kappa shape index (κ1) is 21.3. The van der Waals surface area contributed by atoms with Crippen LogP contribution in [0.2, 0.25) is 0 Å². The molecule has 0 aliphatic rings. The molecule has 0 bridgehead atoms. The van der Waals surface area contributed by atoms with Crippen LogP contribution in [0.4, 0.5) is 0 Å². The molecule has 1 atom stereocenters. The molecule has 142 valence electrons. The van der Waals surface area contributed by atoms with Crippen LogP contribution in [0.15, 0.2) is 24.3 Å². The Balaban J connectivity index is 2.78. The van der Waals surface area contributed by atoms with Gasteiger partial charge in [-0.2, -0.15) is 0 Å². The minimum atomic E-state index is -0.955. The maximum absolute atomic E-state index is 12.4. The van der Waals surface area contributed by atoms with Crippen molar-refractivity contribution in [1.29, 1.82) is 0 Å². The van der Waals surface area contributed by atoms with Crippen molar-refractivity contribution in [2.45, 2.75) is 46.1 Å². The number of benzene rings is 1. The lowest BCUT2D eigenvalue weighted by molar-refractivity contribution is -0.146. The molecule has 0 aliphatic heterocycles. The molecule has 0 aliphatic carbocycles. The third-order valence-electron chi connectivity index (χ3n) is 3.61. The van der Waals surface area contributed by atoms with Crippen molar-refractivity contribution in [3.05, 3.63) is 35.4 Å². The Morgan fingerprint density at radius 3 is 2.04 bits per heavy atom. The Morgan fingerprint density at radius 2 is 1.50 bits per heavy atom. The molecule has 1 amide bonds. The zero-order valence-electron chi connectivity index (χ0n) is 15.4. The highest BCUT2D eigenvalue weighted by molar-refractivity contribution is 5.99. The second-order valence-electron chi connectivity index (χ2n) is 5.48. The fourth-order valence-electron chi connectivity index (χ4n) is 2.24. The number of amides is 1. The van der Waals surface area contributed by atoms with Crippen LogP contribution in [0, 0.1) is 0 Å². The molecule has 0 heterocycles. The van der Waals surface area contributed by atoms with Gasteiger partial charge in [0.15, 0.2) is 5.78 Å². The van der Waals surface area contributed by atoms with E-state index in [9.17, 15) is 19.2 Å². The summed E-state index contributed by atoms with van der Waals surface area (Å²) in [7, 11) is 0. The predicted molar refractivity (Wildman–Crippen MR) is 94.8 cm³/mol. The molecule has 0 aromatic heterocycles. The molecule has 0 spiro atoms. The molecule has 1 aromatic rings. The van der Waals surface area contributed by atoms with E-state index >= 15 is 0 Å². The van der Waals surface area contributed by atoms with E-state index in [1.54, 1.807) is 32.9 Å². The van der Waals surface area contributed by atoms with Crippen LogP contribution in [-0.2, 0) is 19.1 Å². The van der Waals surface area contributed by atoms with E-state index in [0.717, 1.165) is 0 Å². The van der Waals surface area contributed by atoms with Gasteiger partial charge in [-0.3, -0.25) is 14.4 Å². The van der Waals surface area contributed by atoms with Gasteiger partial charge in [0.05, 0.1) is 13.2 Å². The summed E-state index contributed by atoms with van der Waals surface area (Å²) in [6.07, 6.45) is 0.446. The molecule has 26 heavy (non-hydrogen) atoms. The van der Waals surface area contributed by atoms with Crippen molar-refractivity contribution < 1.29 is 28.7 Å². The number of nitrogens with one attached hydrogen (secondary N) is 1. The minimum Gasteiger partial charge on any atom is -0.466 e. The second-order valence-corrected chi connectivity index (χ2v) is 5.48. The maximum Gasteiger partial charge on any atom is 0.328 e. The van der Waals surface area contributed by atoms with Gasteiger partial charge < -0.3 is 14.8 Å². The summed E-state index contributed by atoms with van der Waals surface area (Å²) in [6, 6.07) is 5.22. The highest BCUT2D eigenvalue weighted by Crippen LogP contribution is 2.09. The first-order valence-electron chi connectivity index (χ1n) is 8.69. The molecule has 0 saturated heterocycles. The number of carbonyl (C=O) groups is 4. The van der Waals surface area contributed by atoms with Gasteiger partial charge >= 0.3 is 11.9 Å². The van der Waals surface area contributed by atoms with Gasteiger partial charge in [-0.1, -0.05) is 19.1 Å². The van der Waals surface area contributed by atoms with E-state index in [-0.39, 0.29) is 31.8 Å². The summed E-state index contributed by atoms with van der Waals surface area (Å²) in [4.78, 5) is 47.5. The lowest BCUT2D eigenvalue weighted by Crippen LogP contribution is -2.42. The minimum absolute atomic E-state index is 0.0124. The van der Waals surface area contributed by atoms with Crippen molar-refractivity contribution in [1.82, 2.24) is 5.32 Å². The van der Waals surface area contributed by atoms with Gasteiger partial charge in [0, 0.05) is 24.0 Å². The molecule has 7 nitrogen and oxygen atoms in total. The first-order valence-corrected chi connectivity index (χ1v) is 8.69. The molecule has 1 N–H and O–H groups in total. The number of rotatable bonds is 10. The van der Waals surface area contributed by atoms with Crippen LogP contribution in [0.25, 0.3) is 0 Å². The Morgan fingerprint density at radius 1 is 0.923 bits per heavy atom. The van der Waals surface area contributed by atoms with E-state index in [4.69, 9.17) is 9.47 Å². The second kappa shape index (κ2) is 11.0. The number of ketones is 1. The van der Waals surface area contributed by atoms with Crippen molar-refractivity contribution in [3.63, 3.8) is 0 Å². The van der Waals surface area contributed by atoms with E-state index in [2.05, 4.69) is 5.32 Å². The van der Waals surface area contributed by atoms with Gasteiger partial charge in [-0.05, 0) is 32.4 Å². The molecule has 0 fully saturated rings. The third-order valence-corrected chi connectivity index (χ3v) is 3.61. The predicted octanol–water partition coefficient (Wildman–Crippen LogP) is 2.28. The van der Waals surface area contributed by atoms with Crippen molar-refractivity contribution in [2.75, 3.05) is 13.2 Å². The largest absolute Gasteiger partial charge is 0.466 e. The van der Waals surface area contributed by atoms with Crippen LogP contribution in [0.3, 0.4) is 0 Å². The number of hydrogen-bond donors (Lipinski definition) is 1. The van der Waals surface area contributed by atoms with Gasteiger partial charge in [0.1, 0.15) is 6.04 Å². The Hall–Kier alpha value is -2.70. The van der Waals surface area contributed by atoms with Crippen molar-refractivity contribution in [3.8, 4) is 0 Å². The summed E-state index contributed by atoms with van der Waals surface area (Å²) in [6.45, 7) is 5.52. The highest BCUT2D eigenvalue weighted by Gasteiger charge is 2.24. The summed E-state index contributed by atoms with van der Waals surface area (Å²) in [5.74, 6) is -1.56. The van der Waals surface area contributed by atoms with Gasteiger partial charge in [-0.25, -0.2) is 4.79 Å². The van der Waals surface area contributed by atoms with Crippen LogP contribution in [0.5, 0.6) is 0 Å². The quantitative estimate of drug-likeness (QED) is 0.506. The zero-order chi connectivity index (χ0) is 19.5. The van der Waals surface area contributed by atoms with Gasteiger partial charge in [0.2, 0.25) is 0 Å². The van der Waals surface area contributed by atoms with Crippen LogP contribution in [-0.4, -0.2) is 42.9 Å². The average molecular weight is 363 g/mol. The summed E-state index contributed by atoms with van der Waals surface area (Å²) in [5.41, 5.74) is 0.830. The van der Waals surface area contributed by atoms with Crippen molar-refractivity contribution in [2.24, 2.45) is 0 Å². The molecule has 0 unspecified atom stereocenters. The lowest BCUT2D eigenvalue weighted by atomic mass is 10.1. The fourth-order valence-corrected chi connectivity index (χ4v) is 2.24. The van der Waals surface area contributed by atoms with Crippen LogP contribution in [0.1, 0.15) is 60.7 Å². The molecular weight excluding hydrogens is 338 g/mol. The van der Waals surface area contributed by atoms with Crippen molar-refractivity contribution >= 4 is 23.6 Å². The van der Waals surface area contributed by atoms with Gasteiger partial charge in [0.25, 0.3) is 5.91 Å². The number of hydrogen-bond acceptors (Lipinski definition) is 6. The fraction of sp³-hybridized carbons (Fsp3) is 0.474. The van der Waals surface area contributed by atoms with Crippen LogP contribution >= 0.6 is 0 Å². The standard InChI is InChI=1S/C19H25NO6/c1-4-16(21)13-7-9-14(10-8-13)18(23)20-15(19(24)26-6-3)11-12-17(22)25-5-2/h7-10,15H,4-6,11-12H2,1-3H3,(H,20,23)/t15-/m1/s1. The number of ether oxygens (including phenoxy) is 2. The Kier molecular flexibility index (Phi) is 9.05. The van der Waals surface area contributed by atoms with Crippen LogP contribution < -0.4 is 5.32 Å². The van der Waals surface area contributed by atoms with E-state index < -0.39 is 23.9 Å².